The van der Waals surface area contributed by atoms with E-state index in [-0.39, 0.29) is 6.04 Å². The van der Waals surface area contributed by atoms with Crippen LogP contribution >= 0.6 is 9.47 Å². The molecule has 0 spiro atoms. The Morgan fingerprint density at radius 3 is 2.36 bits per heavy atom. The smallest absolute Gasteiger partial charge is 0.122 e. The van der Waals surface area contributed by atoms with Crippen LogP contribution in [0.3, 0.4) is 0 Å². The summed E-state index contributed by atoms with van der Waals surface area (Å²) in [6.07, 6.45) is 0. The van der Waals surface area contributed by atoms with Crippen LogP contribution in [0.2, 0.25) is 0 Å². The fourth-order valence-electron chi connectivity index (χ4n) is 0.980. The van der Waals surface area contributed by atoms with Gasteiger partial charge in [-0.3, -0.25) is 4.90 Å². The zero-order valence-corrected chi connectivity index (χ0v) is 8.23. The topological polar surface area (TPSA) is 36.3 Å². The molecule has 0 bridgehead atoms. The zero-order valence-electron chi connectivity index (χ0n) is 7.08. The van der Waals surface area contributed by atoms with Crippen LogP contribution in [0.5, 0.6) is 0 Å². The van der Waals surface area contributed by atoms with E-state index < -0.39 is 0 Å². The molecule has 0 heterocycles. The first-order valence-corrected chi connectivity index (χ1v) is 4.22. The molecule has 2 atom stereocenters. The van der Waals surface area contributed by atoms with Crippen molar-refractivity contribution in [1.29, 1.82) is 5.26 Å². The molecule has 11 heavy (non-hydrogen) atoms. The summed E-state index contributed by atoms with van der Waals surface area (Å²) in [5.74, 6) is 0. The maximum absolute atomic E-state index is 8.71. The molecule has 0 amide bonds. The molecule has 2 unspecified atom stereocenters. The van der Waals surface area contributed by atoms with Gasteiger partial charge in [0.1, 0.15) is 6.04 Å². The van der Waals surface area contributed by atoms with Gasteiger partial charge in [0.05, 0.1) is 12.7 Å². The normalized spacial score (nSPS) is 13.0. The Morgan fingerprint density at radius 2 is 2.09 bits per heavy atom. The molecule has 0 saturated carbocycles. The van der Waals surface area contributed by atoms with Crippen molar-refractivity contribution in [2.24, 2.45) is 0 Å². The van der Waals surface area contributed by atoms with E-state index in [9.17, 15) is 0 Å². The summed E-state index contributed by atoms with van der Waals surface area (Å²) in [6, 6.07) is 2.08. The molecule has 0 aliphatic carbocycles. The van der Waals surface area contributed by atoms with Gasteiger partial charge >= 0.3 is 0 Å². The molecule has 0 aliphatic rings. The van der Waals surface area contributed by atoms with E-state index in [0.717, 1.165) is 13.1 Å². The molecule has 0 aromatic heterocycles. The highest BCUT2D eigenvalue weighted by atomic mass is 31.0. The third kappa shape index (κ3) is 3.67. The van der Waals surface area contributed by atoms with Crippen LogP contribution in [0.25, 0.3) is 0 Å². The first-order valence-electron chi connectivity index (χ1n) is 3.75. The molecular formula is C7H15N2OP. The average Bonchev–Trinajstić information content (AvgIpc) is 2.05. The van der Waals surface area contributed by atoms with Crippen molar-refractivity contribution in [3.05, 3.63) is 0 Å². The lowest BCUT2D eigenvalue weighted by atomic mass is 10.3. The first kappa shape index (κ1) is 10.8. The van der Waals surface area contributed by atoms with Crippen LogP contribution in [-0.4, -0.2) is 30.6 Å². The minimum Gasteiger partial charge on any atom is -0.363 e. The molecule has 0 radical (unpaired) electrons. The van der Waals surface area contributed by atoms with Crippen molar-refractivity contribution in [2.75, 3.05) is 19.7 Å². The second kappa shape index (κ2) is 6.54. The Kier molecular flexibility index (Phi) is 6.45. The third-order valence-corrected chi connectivity index (χ3v) is 1.85. The van der Waals surface area contributed by atoms with Gasteiger partial charge in [0, 0.05) is 9.47 Å². The number of hydrogen-bond acceptors (Lipinski definition) is 3. The van der Waals surface area contributed by atoms with Gasteiger partial charge < -0.3 is 4.52 Å². The largest absolute Gasteiger partial charge is 0.363 e. The fourth-order valence-corrected chi connectivity index (χ4v) is 1.16. The van der Waals surface area contributed by atoms with Crippen LogP contribution in [0.4, 0.5) is 0 Å². The standard InChI is InChI=1S/C7H15N2OP/c1-3-9(4-2)7(5-8)6-10-11/h7H,3-4,6,11H2,1-2H3. The van der Waals surface area contributed by atoms with Gasteiger partial charge in [0.2, 0.25) is 0 Å². The molecule has 3 nitrogen and oxygen atoms in total. The van der Waals surface area contributed by atoms with E-state index in [2.05, 4.69) is 20.4 Å². The van der Waals surface area contributed by atoms with Crippen molar-refractivity contribution >= 4 is 9.47 Å². The molecule has 0 fully saturated rings. The number of likely N-dealkylation sites (N-methyl/N-ethyl adjacent to an activating group) is 1. The lowest BCUT2D eigenvalue weighted by Crippen LogP contribution is -2.36. The predicted molar refractivity (Wildman–Crippen MR) is 48.0 cm³/mol. The summed E-state index contributed by atoms with van der Waals surface area (Å²) in [4.78, 5) is 2.06. The van der Waals surface area contributed by atoms with E-state index in [0.29, 0.717) is 6.61 Å². The molecule has 4 heteroatoms. The summed E-state index contributed by atoms with van der Waals surface area (Å²) < 4.78 is 4.83. The average molecular weight is 174 g/mol. The first-order chi connectivity index (χ1) is 5.29. The summed E-state index contributed by atoms with van der Waals surface area (Å²) in [5.41, 5.74) is 0. The Morgan fingerprint density at radius 1 is 1.55 bits per heavy atom. The molecule has 0 N–H and O–H groups in total. The summed E-state index contributed by atoms with van der Waals surface area (Å²) in [7, 11) is 2.16. The molecule has 0 aromatic carbocycles. The van der Waals surface area contributed by atoms with Crippen LogP contribution in [0.15, 0.2) is 0 Å². The second-order valence-corrected chi connectivity index (χ2v) is 2.53. The second-order valence-electron chi connectivity index (χ2n) is 2.20. The molecule has 64 valence electrons. The highest BCUT2D eigenvalue weighted by molar-refractivity contribution is 7.09. The quantitative estimate of drug-likeness (QED) is 0.584. The molecule has 0 aromatic rings. The highest BCUT2D eigenvalue weighted by Crippen LogP contribution is 2.00. The van der Waals surface area contributed by atoms with Gasteiger partial charge in [-0.05, 0) is 13.1 Å². The summed E-state index contributed by atoms with van der Waals surface area (Å²) >= 11 is 0. The number of hydrogen-bond donors (Lipinski definition) is 0. The maximum atomic E-state index is 8.71. The minimum absolute atomic E-state index is 0.109. The minimum atomic E-state index is -0.109. The van der Waals surface area contributed by atoms with Crippen molar-refractivity contribution in [3.63, 3.8) is 0 Å². The number of nitrogens with zero attached hydrogens (tertiary/aromatic N) is 2. The van der Waals surface area contributed by atoms with Crippen LogP contribution < -0.4 is 0 Å². The van der Waals surface area contributed by atoms with E-state index in [1.54, 1.807) is 0 Å². The van der Waals surface area contributed by atoms with E-state index in [1.165, 1.54) is 0 Å². The van der Waals surface area contributed by atoms with E-state index >= 15 is 0 Å². The van der Waals surface area contributed by atoms with Gasteiger partial charge in [0.25, 0.3) is 0 Å². The van der Waals surface area contributed by atoms with Gasteiger partial charge in [0.15, 0.2) is 0 Å². The van der Waals surface area contributed by atoms with Crippen LogP contribution in [-0.2, 0) is 4.52 Å². The van der Waals surface area contributed by atoms with Crippen LogP contribution in [0, 0.1) is 11.3 Å². The summed E-state index contributed by atoms with van der Waals surface area (Å²) in [6.45, 7) is 6.32. The Hall–Kier alpha value is -0.160. The zero-order chi connectivity index (χ0) is 8.69. The van der Waals surface area contributed by atoms with Gasteiger partial charge in [-0.1, -0.05) is 13.8 Å². The van der Waals surface area contributed by atoms with Gasteiger partial charge in [-0.25, -0.2) is 0 Å². The fraction of sp³-hybridized carbons (Fsp3) is 0.857. The lowest BCUT2D eigenvalue weighted by Gasteiger charge is -2.22. The molecule has 0 rings (SSSR count). The summed E-state index contributed by atoms with van der Waals surface area (Å²) in [5, 5.41) is 8.71. The Balaban J connectivity index is 3.89. The molecule has 0 saturated heterocycles. The Labute approximate surface area is 70.6 Å². The van der Waals surface area contributed by atoms with Crippen molar-refractivity contribution in [1.82, 2.24) is 4.90 Å². The molecule has 0 aliphatic heterocycles. The van der Waals surface area contributed by atoms with Crippen molar-refractivity contribution < 1.29 is 4.52 Å². The maximum Gasteiger partial charge on any atom is 0.122 e. The predicted octanol–water partition coefficient (Wildman–Crippen LogP) is 1.03. The van der Waals surface area contributed by atoms with Gasteiger partial charge in [-0.2, -0.15) is 5.26 Å². The third-order valence-electron chi connectivity index (χ3n) is 1.66. The number of nitriles is 1. The van der Waals surface area contributed by atoms with Crippen molar-refractivity contribution in [3.8, 4) is 6.07 Å². The SMILES string of the molecule is CCN(CC)C(C#N)COP. The highest BCUT2D eigenvalue weighted by Gasteiger charge is 2.13. The van der Waals surface area contributed by atoms with E-state index in [4.69, 9.17) is 9.79 Å². The monoisotopic (exact) mass is 174 g/mol. The lowest BCUT2D eigenvalue weighted by molar-refractivity contribution is 0.196. The van der Waals surface area contributed by atoms with Crippen molar-refractivity contribution in [2.45, 2.75) is 19.9 Å². The Bertz CT molecular complexity index is 131. The molecular weight excluding hydrogens is 159 g/mol. The van der Waals surface area contributed by atoms with Gasteiger partial charge in [-0.15, -0.1) is 0 Å². The van der Waals surface area contributed by atoms with E-state index in [1.807, 2.05) is 13.8 Å². The number of rotatable bonds is 5. The van der Waals surface area contributed by atoms with Crippen LogP contribution in [0.1, 0.15) is 13.8 Å².